The predicted molar refractivity (Wildman–Crippen MR) is 93.5 cm³/mol. The molecule has 8 heteroatoms. The zero-order chi connectivity index (χ0) is 17.1. The fraction of sp³-hybridized carbons (Fsp3) is 0.250. The highest BCUT2D eigenvalue weighted by molar-refractivity contribution is 8.00. The van der Waals surface area contributed by atoms with E-state index < -0.39 is 0 Å². The van der Waals surface area contributed by atoms with Gasteiger partial charge in [-0.15, -0.1) is 0 Å². The van der Waals surface area contributed by atoms with Crippen LogP contribution in [0.1, 0.15) is 13.8 Å². The molecule has 0 saturated heterocycles. The highest BCUT2D eigenvalue weighted by Gasteiger charge is 2.17. The van der Waals surface area contributed by atoms with Crippen molar-refractivity contribution < 1.29 is 4.79 Å². The number of para-hydroxylation sites is 1. The molecule has 0 aliphatic heterocycles. The van der Waals surface area contributed by atoms with Crippen molar-refractivity contribution in [3.8, 4) is 5.69 Å². The van der Waals surface area contributed by atoms with Gasteiger partial charge < -0.3 is 10.3 Å². The Morgan fingerprint density at radius 2 is 2.12 bits per heavy atom. The number of nitrogens with one attached hydrogen (secondary N) is 2. The van der Waals surface area contributed by atoms with Gasteiger partial charge in [0.2, 0.25) is 5.91 Å². The first-order valence-electron chi connectivity index (χ1n) is 7.58. The molecular formula is C16H17N5O2S. The Hall–Kier alpha value is -2.61. The molecule has 3 aromatic rings. The molecule has 2 aromatic heterocycles. The van der Waals surface area contributed by atoms with Crippen molar-refractivity contribution in [3.05, 3.63) is 46.9 Å². The quantitative estimate of drug-likeness (QED) is 0.544. The number of H-pyrrole nitrogens is 1. The largest absolute Gasteiger partial charge is 0.355 e. The second kappa shape index (κ2) is 6.88. The summed E-state index contributed by atoms with van der Waals surface area (Å²) >= 11 is 1.21. The minimum atomic E-state index is -0.362. The number of amides is 1. The topological polar surface area (TPSA) is 92.7 Å². The summed E-state index contributed by atoms with van der Waals surface area (Å²) in [5, 5.41) is 7.45. The van der Waals surface area contributed by atoms with Crippen LogP contribution in [0.3, 0.4) is 0 Å². The van der Waals surface area contributed by atoms with Crippen molar-refractivity contribution in [1.29, 1.82) is 0 Å². The molecule has 0 fully saturated rings. The number of nitrogens with zero attached hydrogens (tertiary/aromatic N) is 3. The van der Waals surface area contributed by atoms with Crippen LogP contribution in [0.5, 0.6) is 0 Å². The number of hydrogen-bond acceptors (Lipinski definition) is 5. The van der Waals surface area contributed by atoms with Gasteiger partial charge in [-0.1, -0.05) is 30.0 Å². The molecule has 124 valence electrons. The lowest BCUT2D eigenvalue weighted by atomic mass is 10.3. The first-order chi connectivity index (χ1) is 11.6. The van der Waals surface area contributed by atoms with Crippen LogP contribution in [0.2, 0.25) is 0 Å². The summed E-state index contributed by atoms with van der Waals surface area (Å²) in [6.45, 7) is 4.20. The van der Waals surface area contributed by atoms with Gasteiger partial charge >= 0.3 is 0 Å². The summed E-state index contributed by atoms with van der Waals surface area (Å²) in [4.78, 5) is 31.3. The Kier molecular flexibility index (Phi) is 4.66. The van der Waals surface area contributed by atoms with Gasteiger partial charge in [0.1, 0.15) is 5.39 Å². The molecule has 3 rings (SSSR count). The molecule has 7 nitrogen and oxygen atoms in total. The lowest BCUT2D eigenvalue weighted by Gasteiger charge is -2.10. The minimum Gasteiger partial charge on any atom is -0.355 e. The van der Waals surface area contributed by atoms with Crippen LogP contribution in [-0.4, -0.2) is 37.5 Å². The molecule has 0 radical (unpaired) electrons. The van der Waals surface area contributed by atoms with E-state index >= 15 is 0 Å². The summed E-state index contributed by atoms with van der Waals surface area (Å²) in [5.74, 6) is -0.0955. The summed E-state index contributed by atoms with van der Waals surface area (Å²) in [7, 11) is 0. The van der Waals surface area contributed by atoms with Gasteiger partial charge in [0.15, 0.2) is 10.8 Å². The van der Waals surface area contributed by atoms with Crippen LogP contribution in [-0.2, 0) is 4.79 Å². The smallest absolute Gasteiger partial charge is 0.262 e. The monoisotopic (exact) mass is 343 g/mol. The van der Waals surface area contributed by atoms with E-state index in [0.717, 1.165) is 5.69 Å². The number of carbonyl (C=O) groups excluding carboxylic acids is 1. The van der Waals surface area contributed by atoms with Crippen molar-refractivity contribution >= 4 is 28.7 Å². The van der Waals surface area contributed by atoms with Crippen LogP contribution in [0.25, 0.3) is 16.7 Å². The Morgan fingerprint density at radius 3 is 2.83 bits per heavy atom. The van der Waals surface area contributed by atoms with Gasteiger partial charge in [0.25, 0.3) is 5.56 Å². The molecule has 2 N–H and O–H groups in total. The van der Waals surface area contributed by atoms with E-state index in [1.165, 1.54) is 18.0 Å². The number of benzene rings is 1. The standard InChI is InChI=1S/C16H17N5O2S/c1-3-17-14(22)10(2)24-16-19-13-12(15(23)20-16)9-18-21(13)11-7-5-4-6-8-11/h4-10H,3H2,1-2H3,(H,17,22)(H,19,20,23)/t10-/m0/s1. The van der Waals surface area contributed by atoms with E-state index in [0.29, 0.717) is 22.7 Å². The van der Waals surface area contributed by atoms with Gasteiger partial charge in [-0.25, -0.2) is 9.67 Å². The maximum Gasteiger partial charge on any atom is 0.262 e. The molecule has 24 heavy (non-hydrogen) atoms. The van der Waals surface area contributed by atoms with E-state index in [1.54, 1.807) is 11.6 Å². The Bertz CT molecular complexity index is 919. The molecule has 1 amide bonds. The predicted octanol–water partition coefficient (Wildman–Crippen LogP) is 1.73. The van der Waals surface area contributed by atoms with E-state index in [1.807, 2.05) is 37.3 Å². The lowest BCUT2D eigenvalue weighted by Crippen LogP contribution is -2.30. The summed E-state index contributed by atoms with van der Waals surface area (Å²) in [6, 6.07) is 9.47. The SMILES string of the molecule is CCNC(=O)[C@H](C)Sc1nc2c(cnn2-c2ccccc2)c(=O)[nH]1. The van der Waals surface area contributed by atoms with Crippen LogP contribution in [0.15, 0.2) is 46.5 Å². The Labute approximate surface area is 142 Å². The van der Waals surface area contributed by atoms with Gasteiger partial charge in [0, 0.05) is 6.54 Å². The molecule has 0 unspecified atom stereocenters. The van der Waals surface area contributed by atoms with Gasteiger partial charge in [-0.3, -0.25) is 9.59 Å². The molecule has 0 aliphatic carbocycles. The third kappa shape index (κ3) is 3.18. The van der Waals surface area contributed by atoms with Crippen molar-refractivity contribution in [2.24, 2.45) is 0 Å². The first kappa shape index (κ1) is 16.3. The number of thioether (sulfide) groups is 1. The average molecular weight is 343 g/mol. The number of rotatable bonds is 5. The molecule has 1 aromatic carbocycles. The second-order valence-corrected chi connectivity index (χ2v) is 6.48. The average Bonchev–Trinajstić information content (AvgIpc) is 3.00. The molecule has 2 heterocycles. The van der Waals surface area contributed by atoms with E-state index in [-0.39, 0.29) is 16.7 Å². The van der Waals surface area contributed by atoms with Crippen LogP contribution in [0.4, 0.5) is 0 Å². The number of carbonyl (C=O) groups is 1. The molecule has 0 spiro atoms. The molecular weight excluding hydrogens is 326 g/mol. The lowest BCUT2D eigenvalue weighted by molar-refractivity contribution is -0.120. The number of fused-ring (bicyclic) bond motifs is 1. The first-order valence-corrected chi connectivity index (χ1v) is 8.46. The number of aromatic nitrogens is 4. The van der Waals surface area contributed by atoms with Gasteiger partial charge in [-0.05, 0) is 26.0 Å². The van der Waals surface area contributed by atoms with Gasteiger partial charge in [-0.2, -0.15) is 5.10 Å². The maximum atomic E-state index is 12.3. The van der Waals surface area contributed by atoms with E-state index in [4.69, 9.17) is 0 Å². The fourth-order valence-corrected chi connectivity index (χ4v) is 3.07. The minimum absolute atomic E-state index is 0.0955. The zero-order valence-electron chi connectivity index (χ0n) is 13.3. The Morgan fingerprint density at radius 1 is 1.38 bits per heavy atom. The van der Waals surface area contributed by atoms with Gasteiger partial charge in [0.05, 0.1) is 17.1 Å². The van der Waals surface area contributed by atoms with Crippen molar-refractivity contribution in [2.45, 2.75) is 24.3 Å². The molecule has 0 saturated carbocycles. The molecule has 0 aliphatic rings. The van der Waals surface area contributed by atoms with Crippen LogP contribution in [0, 0.1) is 0 Å². The van der Waals surface area contributed by atoms with Crippen molar-refractivity contribution in [2.75, 3.05) is 6.54 Å². The van der Waals surface area contributed by atoms with E-state index in [2.05, 4.69) is 20.4 Å². The highest BCUT2D eigenvalue weighted by Crippen LogP contribution is 2.21. The normalized spacial score (nSPS) is 12.2. The third-order valence-corrected chi connectivity index (χ3v) is 4.41. The summed E-state index contributed by atoms with van der Waals surface area (Å²) in [5.41, 5.74) is 1.02. The highest BCUT2D eigenvalue weighted by atomic mass is 32.2. The van der Waals surface area contributed by atoms with E-state index in [9.17, 15) is 9.59 Å². The third-order valence-electron chi connectivity index (χ3n) is 3.43. The van der Waals surface area contributed by atoms with Crippen LogP contribution >= 0.6 is 11.8 Å². The molecule has 0 bridgehead atoms. The Balaban J connectivity index is 2.00. The second-order valence-electron chi connectivity index (χ2n) is 5.15. The fourth-order valence-electron chi connectivity index (χ4n) is 2.25. The van der Waals surface area contributed by atoms with Crippen molar-refractivity contribution in [1.82, 2.24) is 25.1 Å². The zero-order valence-corrected chi connectivity index (χ0v) is 14.1. The summed E-state index contributed by atoms with van der Waals surface area (Å²) < 4.78 is 1.62. The molecule has 1 atom stereocenters. The summed E-state index contributed by atoms with van der Waals surface area (Å²) in [6.07, 6.45) is 1.50. The van der Waals surface area contributed by atoms with Crippen LogP contribution < -0.4 is 10.9 Å². The number of aromatic amines is 1. The maximum absolute atomic E-state index is 12.3. The number of hydrogen-bond donors (Lipinski definition) is 2. The van der Waals surface area contributed by atoms with Crippen molar-refractivity contribution in [3.63, 3.8) is 0 Å².